The second-order valence-electron chi connectivity index (χ2n) is 16.1. The van der Waals surface area contributed by atoms with Crippen molar-refractivity contribution in [3.8, 4) is 28.7 Å². The number of aromatic nitrogens is 6. The maximum Gasteiger partial charge on any atom is 0.243 e. The molecule has 57 heavy (non-hydrogen) atoms. The van der Waals surface area contributed by atoms with Crippen molar-refractivity contribution in [3.63, 3.8) is 0 Å². The van der Waals surface area contributed by atoms with Gasteiger partial charge in [-0.3, -0.25) is 4.57 Å². The number of hydrogen-bond acceptors (Lipinski definition) is 2. The van der Waals surface area contributed by atoms with Crippen LogP contribution in [0.1, 0.15) is 26.3 Å². The maximum atomic E-state index is 6.73. The summed E-state index contributed by atoms with van der Waals surface area (Å²) in [6, 6.07) is 47.5. The second kappa shape index (κ2) is 12.2. The van der Waals surface area contributed by atoms with E-state index in [1.807, 2.05) is 53.0 Å². The Kier molecular flexibility index (Phi) is 7.11. The summed E-state index contributed by atoms with van der Waals surface area (Å²) in [5.74, 6) is 2.35. The number of nitrogens with zero attached hydrogens (tertiary/aromatic N) is 6. The number of imidazole rings is 1. The fourth-order valence-corrected chi connectivity index (χ4v) is 8.92. The lowest BCUT2D eigenvalue weighted by Crippen LogP contribution is -2.27. The Bertz CT molecular complexity index is 3390. The Morgan fingerprint density at radius 2 is 1.28 bits per heavy atom. The van der Waals surface area contributed by atoms with Gasteiger partial charge < -0.3 is 23.0 Å². The van der Waals surface area contributed by atoms with Crippen LogP contribution in [-0.4, -0.2) is 23.3 Å². The zero-order chi connectivity index (χ0) is 38.6. The van der Waals surface area contributed by atoms with Crippen LogP contribution < -0.4 is 9.30 Å². The predicted octanol–water partition coefficient (Wildman–Crippen LogP) is 11.4. The van der Waals surface area contributed by atoms with Crippen LogP contribution in [0.2, 0.25) is 0 Å². The first-order chi connectivity index (χ1) is 27.7. The van der Waals surface area contributed by atoms with Crippen molar-refractivity contribution in [1.82, 2.24) is 23.3 Å². The quantitative estimate of drug-likeness (QED) is 0.130. The third-order valence-electron chi connectivity index (χ3n) is 11.5. The fourth-order valence-electron chi connectivity index (χ4n) is 8.92. The summed E-state index contributed by atoms with van der Waals surface area (Å²) in [7, 11) is 4.18. The minimum Gasteiger partial charge on any atom is -0.458 e. The molecule has 0 fully saturated rings. The van der Waals surface area contributed by atoms with Crippen LogP contribution in [0.25, 0.3) is 82.6 Å². The zero-order valence-electron chi connectivity index (χ0n) is 32.5. The molecule has 5 heterocycles. The van der Waals surface area contributed by atoms with Crippen LogP contribution in [0, 0.1) is 6.33 Å². The SMILES string of the molecule is Cn1[c-][n+](-c2cccc(Oc3ccc4c5c6c7ccccc7n(C)c6c6c7ccccc7n(-c7ccccc7)c6c5n(-c5cc(C(C)(C)C)ccn5)c4c3)c2)cc1. The number of ether oxygens (including phenoxy) is 1. The topological polar surface area (TPSA) is 45.7 Å². The smallest absolute Gasteiger partial charge is 0.243 e. The number of para-hydroxylation sites is 3. The Hall–Kier alpha value is -7.12. The minimum atomic E-state index is -0.0823. The lowest BCUT2D eigenvalue weighted by atomic mass is 9.88. The van der Waals surface area contributed by atoms with E-state index in [-0.39, 0.29) is 5.41 Å². The van der Waals surface area contributed by atoms with Crippen LogP contribution in [0.4, 0.5) is 0 Å². The molecule has 0 bridgehead atoms. The van der Waals surface area contributed by atoms with E-state index >= 15 is 0 Å². The van der Waals surface area contributed by atoms with Crippen molar-refractivity contribution >= 4 is 65.4 Å². The van der Waals surface area contributed by atoms with Crippen molar-refractivity contribution < 1.29 is 9.30 Å². The molecule has 0 saturated heterocycles. The summed E-state index contributed by atoms with van der Waals surface area (Å²) >= 11 is 0. The standard InChI is InChI=1S/C50H40N6O/c1-50(2,3)32-24-25-51-43(28-32)56-42-30-36(57-35-17-13-16-34(29-35)54-27-26-52(4)31-54)22-23-39(42)45-44-37-18-9-11-20-40(37)53(5)47(44)46-38-19-10-12-21-41(38)55(49(46)48(45)56)33-14-7-6-8-15-33/h6-30H,1-5H3. The van der Waals surface area contributed by atoms with E-state index in [4.69, 9.17) is 9.72 Å². The van der Waals surface area contributed by atoms with Crippen LogP contribution in [-0.2, 0) is 19.5 Å². The molecule has 0 atom stereocenters. The number of fused-ring (bicyclic) bond motifs is 12. The molecule has 0 saturated carbocycles. The molecule has 0 amide bonds. The van der Waals surface area contributed by atoms with Gasteiger partial charge in [0.2, 0.25) is 6.33 Å². The molecule has 0 unspecified atom stereocenters. The molecular formula is C50H40N6O. The van der Waals surface area contributed by atoms with Gasteiger partial charge in [-0.05, 0) is 71.6 Å². The first-order valence-corrected chi connectivity index (χ1v) is 19.4. The fraction of sp³-hybridized carbons (Fsp3) is 0.120. The molecule has 11 rings (SSSR count). The van der Waals surface area contributed by atoms with E-state index in [9.17, 15) is 0 Å². The summed E-state index contributed by atoms with van der Waals surface area (Å²) in [6.07, 6.45) is 9.22. The first-order valence-electron chi connectivity index (χ1n) is 19.4. The number of aryl methyl sites for hydroxylation is 2. The highest BCUT2D eigenvalue weighted by atomic mass is 16.5. The monoisotopic (exact) mass is 740 g/mol. The summed E-state index contributed by atoms with van der Waals surface area (Å²) in [5, 5.41) is 7.21. The van der Waals surface area contributed by atoms with E-state index in [0.717, 1.165) is 56.1 Å². The van der Waals surface area contributed by atoms with Gasteiger partial charge in [0.15, 0.2) is 0 Å². The van der Waals surface area contributed by atoms with Gasteiger partial charge in [0.25, 0.3) is 0 Å². The minimum absolute atomic E-state index is 0.0823. The van der Waals surface area contributed by atoms with Crippen molar-refractivity contribution in [2.24, 2.45) is 14.1 Å². The molecule has 0 aliphatic carbocycles. The van der Waals surface area contributed by atoms with Gasteiger partial charge >= 0.3 is 0 Å². The Balaban J connectivity index is 1.32. The van der Waals surface area contributed by atoms with E-state index in [0.29, 0.717) is 0 Å². The number of pyridine rings is 1. The van der Waals surface area contributed by atoms with Crippen molar-refractivity contribution in [3.05, 3.63) is 164 Å². The normalized spacial score (nSPS) is 12.3. The molecular weight excluding hydrogens is 701 g/mol. The number of rotatable bonds is 5. The maximum absolute atomic E-state index is 6.73. The number of benzene rings is 6. The summed E-state index contributed by atoms with van der Waals surface area (Å²) in [6.45, 7) is 6.78. The van der Waals surface area contributed by atoms with Crippen molar-refractivity contribution in [2.45, 2.75) is 26.2 Å². The Morgan fingerprint density at radius 1 is 0.596 bits per heavy atom. The highest BCUT2D eigenvalue weighted by Gasteiger charge is 2.28. The molecule has 5 aromatic heterocycles. The molecule has 7 heteroatoms. The third kappa shape index (κ3) is 4.98. The van der Waals surface area contributed by atoms with Gasteiger partial charge in [0.05, 0.1) is 40.3 Å². The highest BCUT2D eigenvalue weighted by Crippen LogP contribution is 2.49. The molecule has 0 aliphatic heterocycles. The lowest BCUT2D eigenvalue weighted by molar-refractivity contribution is -0.599. The number of hydrogen-bond donors (Lipinski definition) is 0. The van der Waals surface area contributed by atoms with Crippen molar-refractivity contribution in [2.75, 3.05) is 0 Å². The molecule has 11 aromatic rings. The van der Waals surface area contributed by atoms with Gasteiger partial charge in [-0.1, -0.05) is 87.5 Å². The average molecular weight is 741 g/mol. The third-order valence-corrected chi connectivity index (χ3v) is 11.5. The summed E-state index contributed by atoms with van der Waals surface area (Å²) in [5.41, 5.74) is 10.0. The molecule has 6 aromatic carbocycles. The van der Waals surface area contributed by atoms with Gasteiger partial charge in [-0.15, -0.1) is 0 Å². The van der Waals surface area contributed by atoms with Crippen LogP contribution in [0.5, 0.6) is 11.5 Å². The Labute approximate surface area is 329 Å². The van der Waals surface area contributed by atoms with Gasteiger partial charge in [-0.2, -0.15) is 0 Å². The van der Waals surface area contributed by atoms with E-state index in [1.54, 1.807) is 0 Å². The van der Waals surface area contributed by atoms with Gasteiger partial charge in [-0.25, -0.2) is 4.98 Å². The van der Waals surface area contributed by atoms with E-state index in [1.165, 1.54) is 43.5 Å². The summed E-state index contributed by atoms with van der Waals surface area (Å²) in [4.78, 5) is 5.17. The highest BCUT2D eigenvalue weighted by molar-refractivity contribution is 6.40. The first kappa shape index (κ1) is 33.2. The molecule has 276 valence electrons. The molecule has 7 nitrogen and oxygen atoms in total. The van der Waals surface area contributed by atoms with Gasteiger partial charge in [0.1, 0.15) is 17.3 Å². The lowest BCUT2D eigenvalue weighted by Gasteiger charge is -2.20. The summed E-state index contributed by atoms with van der Waals surface area (Å²) < 4.78 is 17.8. The largest absolute Gasteiger partial charge is 0.458 e. The molecule has 0 N–H and O–H groups in total. The zero-order valence-corrected chi connectivity index (χ0v) is 32.5. The van der Waals surface area contributed by atoms with Gasteiger partial charge in [0, 0.05) is 75.2 Å². The Morgan fingerprint density at radius 3 is 2.05 bits per heavy atom. The van der Waals surface area contributed by atoms with Crippen LogP contribution >= 0.6 is 0 Å². The predicted molar refractivity (Wildman–Crippen MR) is 231 cm³/mol. The van der Waals surface area contributed by atoms with E-state index in [2.05, 4.69) is 163 Å². The molecule has 0 spiro atoms. The van der Waals surface area contributed by atoms with E-state index < -0.39 is 0 Å². The second-order valence-corrected chi connectivity index (χ2v) is 16.1. The van der Waals surface area contributed by atoms with Crippen molar-refractivity contribution in [1.29, 1.82) is 0 Å². The average Bonchev–Trinajstić information content (AvgIpc) is 3.98. The molecule has 0 aliphatic rings. The molecule has 0 radical (unpaired) electrons. The van der Waals surface area contributed by atoms with Crippen LogP contribution in [0.15, 0.2) is 152 Å². The van der Waals surface area contributed by atoms with Crippen LogP contribution in [0.3, 0.4) is 0 Å².